The van der Waals surface area contributed by atoms with Crippen molar-refractivity contribution in [3.63, 3.8) is 0 Å². The van der Waals surface area contributed by atoms with Crippen LogP contribution in [0, 0.1) is 11.4 Å². The number of anilines is 4. The fraction of sp³-hybridized carbons (Fsp3) is 0.458. The van der Waals surface area contributed by atoms with Crippen LogP contribution >= 0.6 is 0 Å². The smallest absolute Gasteiger partial charge is 0.407 e. The first kappa shape index (κ1) is 77.5. The second-order valence-corrected chi connectivity index (χ2v) is 25.0. The fourth-order valence-corrected chi connectivity index (χ4v) is 11.6. The van der Waals surface area contributed by atoms with Crippen LogP contribution in [0.1, 0.15) is 106 Å². The van der Waals surface area contributed by atoms with Crippen LogP contribution < -0.4 is 64.1 Å². The molecular weight excluding hydrogens is 1310 g/mol. The van der Waals surface area contributed by atoms with Gasteiger partial charge in [-0.15, -0.1) is 0 Å². The van der Waals surface area contributed by atoms with Crippen molar-refractivity contribution in [1.29, 1.82) is 5.53 Å². The minimum atomic E-state index is -1.06. The number of benzene rings is 4. The lowest BCUT2D eigenvalue weighted by Crippen LogP contribution is -2.58. The Morgan fingerprint density at radius 2 is 1.40 bits per heavy atom. The van der Waals surface area contributed by atoms with E-state index in [-0.39, 0.29) is 127 Å². The summed E-state index contributed by atoms with van der Waals surface area (Å²) in [6.45, 7) is 11.5. The fourth-order valence-electron chi connectivity index (χ4n) is 11.6. The monoisotopic (exact) mass is 1410 g/mol. The van der Waals surface area contributed by atoms with E-state index >= 15 is 0 Å². The summed E-state index contributed by atoms with van der Waals surface area (Å²) < 4.78 is 35.8. The molecule has 2 atom stereocenters. The van der Waals surface area contributed by atoms with Crippen molar-refractivity contribution in [2.24, 2.45) is 22.5 Å². The molecule has 0 radical (unpaired) electrons. The summed E-state index contributed by atoms with van der Waals surface area (Å²) in [6.07, 6.45) is 4.99. The Morgan fingerprint density at radius 1 is 0.706 bits per heavy atom. The molecule has 0 unspecified atom stereocenters. The van der Waals surface area contributed by atoms with Crippen molar-refractivity contribution in [2.75, 3.05) is 114 Å². The van der Waals surface area contributed by atoms with Crippen LogP contribution in [0.15, 0.2) is 108 Å². The summed E-state index contributed by atoms with van der Waals surface area (Å²) in [5.74, 6) is -0.776. The molecule has 0 saturated carbocycles. The molecule has 102 heavy (non-hydrogen) atoms. The predicted molar refractivity (Wildman–Crippen MR) is 385 cm³/mol. The van der Waals surface area contributed by atoms with Crippen molar-refractivity contribution in [2.45, 2.75) is 117 Å². The number of para-hydroxylation sites is 1. The van der Waals surface area contributed by atoms with Crippen LogP contribution in [0.2, 0.25) is 0 Å². The van der Waals surface area contributed by atoms with Gasteiger partial charge in [-0.25, -0.2) is 20.1 Å². The molecule has 2 aliphatic rings. The van der Waals surface area contributed by atoms with Crippen molar-refractivity contribution in [3.8, 4) is 5.75 Å². The van der Waals surface area contributed by atoms with Crippen molar-refractivity contribution in [1.82, 2.24) is 46.0 Å². The predicted octanol–water partition coefficient (Wildman–Crippen LogP) is 6.51. The summed E-state index contributed by atoms with van der Waals surface area (Å²) in [6, 6.07) is 26.5. The van der Waals surface area contributed by atoms with Crippen LogP contribution in [0.4, 0.5) is 32.7 Å². The molecular formula is C72H97N17O13. The summed E-state index contributed by atoms with van der Waals surface area (Å²) in [5.41, 5.74) is 33.6. The third-order valence-electron chi connectivity index (χ3n) is 17.0. The van der Waals surface area contributed by atoms with Gasteiger partial charge in [0.15, 0.2) is 5.82 Å². The standard InChI is InChI=1S/C72H97N17O13/c1-5-6-11-28-78-67-66-56(83-70(74)85-67)26-31-88(66)42-51-21-18-49(40-59(51)97-4)41-87-44-53(45-87)81-72(96)102-46-48-19-22-52(23-20-48)80-68(93)57(16-12-29-79-71(75)95)82-69(94)64(47(2)3)84-61(91)27-32-98-34-36-100-38-39-101-37-35-99-33-30-77-60(90)24-25-62(92)89-43-50-13-7-8-14-54(50)63(73)65(86-76)55-15-9-10-17-58(55)89/h7-10,13-15,17-23,26,31,40,47,53,57,64,76H,5-6,11-12,16,24-25,27-30,32-39,41-46,73H2,1-4H3,(H,77,90)(H,80,93)(H,81,96)(H,82,94)(H,84,91)(H3,75,79,95)(H3,74,78,83,85)/b65-63-,86-76?/t57-,64-/m0/s1. The zero-order valence-corrected chi connectivity index (χ0v) is 58.5. The van der Waals surface area contributed by atoms with Gasteiger partial charge in [0.2, 0.25) is 35.5 Å². The first-order chi connectivity index (χ1) is 49.4. The molecule has 0 bridgehead atoms. The maximum Gasteiger partial charge on any atom is 0.407 e. The van der Waals surface area contributed by atoms with E-state index in [1.165, 1.54) is 0 Å². The number of hydrogen-bond donors (Lipinski definition) is 11. The number of amides is 8. The number of nitrogens with two attached hydrogens (primary N) is 3. The number of aromatic nitrogens is 3. The van der Waals surface area contributed by atoms with Gasteiger partial charge in [-0.3, -0.25) is 28.9 Å². The molecule has 8 rings (SSSR count). The molecule has 1 saturated heterocycles. The van der Waals surface area contributed by atoms with Crippen LogP contribution in [0.3, 0.4) is 0 Å². The second kappa shape index (κ2) is 40.2. The van der Waals surface area contributed by atoms with E-state index in [0.717, 1.165) is 59.3 Å². The van der Waals surface area contributed by atoms with Gasteiger partial charge in [0.1, 0.15) is 35.7 Å². The molecule has 548 valence electrons. The van der Waals surface area contributed by atoms with Crippen LogP contribution in [0.25, 0.3) is 22.4 Å². The summed E-state index contributed by atoms with van der Waals surface area (Å²) in [7, 11) is 1.66. The number of nitrogen functional groups attached to an aromatic ring is 1. The van der Waals surface area contributed by atoms with Crippen LogP contribution in [-0.4, -0.2) is 172 Å². The first-order valence-corrected chi connectivity index (χ1v) is 34.5. The van der Waals surface area contributed by atoms with E-state index in [2.05, 4.69) is 80.8 Å². The van der Waals surface area contributed by atoms with Crippen molar-refractivity contribution < 1.29 is 62.0 Å². The van der Waals surface area contributed by atoms with Gasteiger partial charge in [-0.1, -0.05) is 100 Å². The quantitative estimate of drug-likeness (QED) is 0.0144. The summed E-state index contributed by atoms with van der Waals surface area (Å²) in [5, 5.41) is 23.7. The Kier molecular flexibility index (Phi) is 30.6. The van der Waals surface area contributed by atoms with Crippen molar-refractivity contribution in [3.05, 3.63) is 137 Å². The third kappa shape index (κ3) is 23.7. The van der Waals surface area contributed by atoms with Gasteiger partial charge in [0.25, 0.3) is 0 Å². The maximum atomic E-state index is 13.8. The van der Waals surface area contributed by atoms with Crippen molar-refractivity contribution >= 4 is 87.2 Å². The number of ether oxygens (including phenoxy) is 6. The van der Waals surface area contributed by atoms with E-state index in [0.29, 0.717) is 85.4 Å². The Balaban J connectivity index is 0.661. The first-order valence-electron chi connectivity index (χ1n) is 34.5. The van der Waals surface area contributed by atoms with Crippen LogP contribution in [-0.2, 0) is 73.9 Å². The molecule has 6 aromatic rings. The molecule has 4 heterocycles. The Bertz CT molecular complexity index is 3830. The van der Waals surface area contributed by atoms with E-state index in [1.807, 2.05) is 42.6 Å². The largest absolute Gasteiger partial charge is 0.496 e. The van der Waals surface area contributed by atoms with Gasteiger partial charge in [-0.05, 0) is 72.2 Å². The third-order valence-corrected chi connectivity index (χ3v) is 17.0. The zero-order valence-electron chi connectivity index (χ0n) is 58.5. The Labute approximate surface area is 593 Å². The molecule has 30 nitrogen and oxygen atoms in total. The number of fused-ring (bicyclic) bond motifs is 3. The highest BCUT2D eigenvalue weighted by molar-refractivity contribution is 6.02. The molecule has 8 amide bonds. The number of urea groups is 1. The molecule has 2 aliphatic heterocycles. The lowest BCUT2D eigenvalue weighted by atomic mass is 9.96. The van der Waals surface area contributed by atoms with E-state index in [4.69, 9.17) is 51.2 Å². The highest BCUT2D eigenvalue weighted by Gasteiger charge is 2.32. The van der Waals surface area contributed by atoms with E-state index in [9.17, 15) is 33.6 Å². The number of hydrogen-bond acceptors (Lipinski definition) is 21. The Hall–Kier alpha value is -10.3. The number of alkyl carbamates (subject to hydrolysis) is 1. The van der Waals surface area contributed by atoms with E-state index < -0.39 is 41.9 Å². The average molecular weight is 1410 g/mol. The molecule has 0 aliphatic carbocycles. The number of carbonyl (C=O) groups is 7. The highest BCUT2D eigenvalue weighted by Crippen LogP contribution is 2.37. The molecule has 1 fully saturated rings. The molecule has 4 aromatic carbocycles. The van der Waals surface area contributed by atoms with E-state index in [1.54, 1.807) is 74.4 Å². The molecule has 14 N–H and O–H groups in total. The molecule has 2 aromatic heterocycles. The maximum absolute atomic E-state index is 13.8. The number of primary amides is 1. The SMILES string of the molecule is CCCCCNc1nc(N)nc2ccn(Cc3ccc(CN4CC(NC(=O)OCc5ccc(NC(=O)[C@H](CCCNC(N)=O)NC(=O)[C@@H](NC(=O)CCOCCOCCOCCOCCNC(=O)CCC(=O)N6Cc7ccccc7/C(N)=C(/N=N)c7ccccc76)C(C)C)cc5)C4)cc3OC)c12. The lowest BCUT2D eigenvalue weighted by Gasteiger charge is -2.39. The number of nitrogens with zero attached hydrogens (tertiary/aromatic N) is 6. The summed E-state index contributed by atoms with van der Waals surface area (Å²) in [4.78, 5) is 104. The number of rotatable bonds is 42. The van der Waals surface area contributed by atoms with Gasteiger partial charge < -0.3 is 92.3 Å². The minimum absolute atomic E-state index is 0.0220. The van der Waals surface area contributed by atoms with Crippen LogP contribution in [0.5, 0.6) is 5.75 Å². The average Bonchev–Trinajstić information content (AvgIpc) is 1.10. The number of likely N-dealkylation sites (tertiary alicyclic amines) is 1. The second-order valence-electron chi connectivity index (χ2n) is 25.0. The lowest BCUT2D eigenvalue weighted by molar-refractivity contribution is -0.132. The number of nitrogens with one attached hydrogen (secondary N) is 8. The normalized spacial score (nSPS) is 14.2. The van der Waals surface area contributed by atoms with Gasteiger partial charge in [0, 0.05) is 87.1 Å². The van der Waals surface area contributed by atoms with Gasteiger partial charge >= 0.3 is 12.1 Å². The van der Waals surface area contributed by atoms with Gasteiger partial charge in [-0.2, -0.15) is 10.1 Å². The number of methoxy groups -OCH3 is 1. The van der Waals surface area contributed by atoms with Gasteiger partial charge in [0.05, 0.1) is 96.0 Å². The zero-order chi connectivity index (χ0) is 72.8. The number of carbonyl (C=O) groups excluding carboxylic acids is 7. The topological polar surface area (TPSA) is 411 Å². The molecule has 0 spiro atoms. The number of unbranched alkanes of at least 4 members (excludes halogenated alkanes) is 2. The summed E-state index contributed by atoms with van der Waals surface area (Å²) >= 11 is 0. The minimum Gasteiger partial charge on any atom is -0.496 e. The molecule has 30 heteroatoms. The highest BCUT2D eigenvalue weighted by atomic mass is 16.6. The Morgan fingerprint density at radius 3 is 2.11 bits per heavy atom.